The number of rotatable bonds is 4. The fourth-order valence-corrected chi connectivity index (χ4v) is 2.71. The number of nitrogens with zero attached hydrogens (tertiary/aromatic N) is 3. The molecule has 0 fully saturated rings. The van der Waals surface area contributed by atoms with Gasteiger partial charge in [-0.05, 0) is 23.8 Å². The Morgan fingerprint density at radius 2 is 1.96 bits per heavy atom. The lowest BCUT2D eigenvalue weighted by Crippen LogP contribution is -2.24. The highest BCUT2D eigenvalue weighted by molar-refractivity contribution is 5.89. The molecule has 0 aliphatic carbocycles. The SMILES string of the molecule is COc1ccc(Cn2c(=O)c(C#N)c(O)c3ccc([N+](=O)[O-])cc32)cc1. The van der Waals surface area contributed by atoms with Crippen LogP contribution in [0.5, 0.6) is 11.5 Å². The van der Waals surface area contributed by atoms with E-state index in [0.29, 0.717) is 5.75 Å². The van der Waals surface area contributed by atoms with Gasteiger partial charge in [-0.25, -0.2) is 0 Å². The van der Waals surface area contributed by atoms with Crippen molar-refractivity contribution in [2.24, 2.45) is 0 Å². The van der Waals surface area contributed by atoms with Crippen molar-refractivity contribution in [2.45, 2.75) is 6.54 Å². The summed E-state index contributed by atoms with van der Waals surface area (Å²) in [6.07, 6.45) is 0. The molecular formula is C18H13N3O5. The first-order valence-corrected chi connectivity index (χ1v) is 7.53. The van der Waals surface area contributed by atoms with Gasteiger partial charge in [0, 0.05) is 17.5 Å². The maximum absolute atomic E-state index is 12.6. The zero-order valence-electron chi connectivity index (χ0n) is 13.7. The van der Waals surface area contributed by atoms with E-state index in [9.17, 15) is 25.3 Å². The molecule has 8 nitrogen and oxygen atoms in total. The zero-order chi connectivity index (χ0) is 18.8. The van der Waals surface area contributed by atoms with Crippen LogP contribution >= 0.6 is 0 Å². The summed E-state index contributed by atoms with van der Waals surface area (Å²) in [4.78, 5) is 23.1. The van der Waals surface area contributed by atoms with E-state index in [4.69, 9.17) is 4.74 Å². The van der Waals surface area contributed by atoms with Crippen LogP contribution in [0.1, 0.15) is 11.1 Å². The summed E-state index contributed by atoms with van der Waals surface area (Å²) in [6, 6.07) is 12.4. The predicted molar refractivity (Wildman–Crippen MR) is 93.3 cm³/mol. The predicted octanol–water partition coefficient (Wildman–Crippen LogP) is 2.54. The highest BCUT2D eigenvalue weighted by Crippen LogP contribution is 2.29. The van der Waals surface area contributed by atoms with Crippen molar-refractivity contribution in [2.75, 3.05) is 7.11 Å². The first-order valence-electron chi connectivity index (χ1n) is 7.53. The molecule has 130 valence electrons. The van der Waals surface area contributed by atoms with Crippen LogP contribution in [-0.4, -0.2) is 21.7 Å². The lowest BCUT2D eigenvalue weighted by molar-refractivity contribution is -0.384. The summed E-state index contributed by atoms with van der Waals surface area (Å²) in [6.45, 7) is 0.0788. The van der Waals surface area contributed by atoms with Gasteiger partial charge in [0.05, 0.1) is 24.1 Å². The maximum atomic E-state index is 12.6. The average molecular weight is 351 g/mol. The molecule has 0 aliphatic heterocycles. The van der Waals surface area contributed by atoms with E-state index in [1.165, 1.54) is 29.9 Å². The quantitative estimate of drug-likeness (QED) is 0.570. The average Bonchev–Trinajstić information content (AvgIpc) is 2.65. The van der Waals surface area contributed by atoms with Crippen LogP contribution < -0.4 is 10.3 Å². The van der Waals surface area contributed by atoms with Crippen molar-refractivity contribution < 1.29 is 14.8 Å². The van der Waals surface area contributed by atoms with Gasteiger partial charge in [-0.15, -0.1) is 0 Å². The van der Waals surface area contributed by atoms with Crippen LogP contribution in [0, 0.1) is 21.4 Å². The Morgan fingerprint density at radius 3 is 2.54 bits per heavy atom. The molecular weight excluding hydrogens is 338 g/mol. The van der Waals surface area contributed by atoms with Crippen LogP contribution in [0.2, 0.25) is 0 Å². The molecule has 8 heteroatoms. The second-order valence-corrected chi connectivity index (χ2v) is 5.53. The number of hydrogen-bond acceptors (Lipinski definition) is 6. The van der Waals surface area contributed by atoms with E-state index in [1.807, 2.05) is 0 Å². The number of hydrogen-bond donors (Lipinski definition) is 1. The molecule has 2 aromatic carbocycles. The summed E-state index contributed by atoms with van der Waals surface area (Å²) in [5.74, 6) is 0.165. The van der Waals surface area contributed by atoms with Gasteiger partial charge in [0.1, 0.15) is 17.6 Å². The molecule has 26 heavy (non-hydrogen) atoms. The Bertz CT molecular complexity index is 1110. The van der Waals surface area contributed by atoms with Crippen molar-refractivity contribution in [3.05, 3.63) is 74.1 Å². The standard InChI is InChI=1S/C18H13N3O5/c1-26-13-5-2-11(3-6-13)10-20-16-8-12(21(24)25)4-7-14(16)17(22)15(9-19)18(20)23/h2-8,22H,10H2,1H3. The molecule has 0 aliphatic rings. The number of non-ortho nitro benzene ring substituents is 1. The van der Waals surface area contributed by atoms with Crippen molar-refractivity contribution >= 4 is 16.6 Å². The molecule has 0 bridgehead atoms. The Morgan fingerprint density at radius 1 is 1.27 bits per heavy atom. The number of methoxy groups -OCH3 is 1. The van der Waals surface area contributed by atoms with Crippen LogP contribution in [-0.2, 0) is 6.54 Å². The van der Waals surface area contributed by atoms with Gasteiger partial charge in [-0.2, -0.15) is 5.26 Å². The molecule has 1 N–H and O–H groups in total. The van der Waals surface area contributed by atoms with E-state index < -0.39 is 21.8 Å². The molecule has 0 atom stereocenters. The molecule has 1 aromatic heterocycles. The van der Waals surface area contributed by atoms with Crippen LogP contribution in [0.15, 0.2) is 47.3 Å². The lowest BCUT2D eigenvalue weighted by Gasteiger charge is -2.13. The molecule has 0 amide bonds. The lowest BCUT2D eigenvalue weighted by atomic mass is 10.1. The van der Waals surface area contributed by atoms with Crippen molar-refractivity contribution in [1.82, 2.24) is 4.57 Å². The number of ether oxygens (including phenoxy) is 1. The summed E-state index contributed by atoms with van der Waals surface area (Å²) in [5.41, 5.74) is -0.426. The summed E-state index contributed by atoms with van der Waals surface area (Å²) >= 11 is 0. The summed E-state index contributed by atoms with van der Waals surface area (Å²) in [7, 11) is 1.53. The maximum Gasteiger partial charge on any atom is 0.273 e. The number of nitro benzene ring substituents is 1. The second kappa shape index (κ2) is 6.57. The third-order valence-corrected chi connectivity index (χ3v) is 4.05. The van der Waals surface area contributed by atoms with Gasteiger partial charge in [0.2, 0.25) is 0 Å². The molecule has 3 rings (SSSR count). The van der Waals surface area contributed by atoms with Gasteiger partial charge >= 0.3 is 0 Å². The van der Waals surface area contributed by atoms with Crippen LogP contribution in [0.3, 0.4) is 0 Å². The third kappa shape index (κ3) is 2.82. The molecule has 3 aromatic rings. The van der Waals surface area contributed by atoms with Gasteiger partial charge in [-0.3, -0.25) is 14.9 Å². The largest absolute Gasteiger partial charge is 0.506 e. The normalized spacial score (nSPS) is 10.5. The highest BCUT2D eigenvalue weighted by atomic mass is 16.6. The van der Waals surface area contributed by atoms with E-state index in [-0.39, 0.29) is 23.1 Å². The van der Waals surface area contributed by atoms with E-state index in [0.717, 1.165) is 5.56 Å². The van der Waals surface area contributed by atoms with Gasteiger partial charge in [0.15, 0.2) is 5.56 Å². The minimum absolute atomic E-state index is 0.0788. The van der Waals surface area contributed by atoms with E-state index >= 15 is 0 Å². The van der Waals surface area contributed by atoms with Crippen molar-refractivity contribution in [3.8, 4) is 17.6 Å². The van der Waals surface area contributed by atoms with E-state index in [1.54, 1.807) is 30.3 Å². The number of pyridine rings is 1. The topological polar surface area (TPSA) is 118 Å². The molecule has 0 radical (unpaired) electrons. The second-order valence-electron chi connectivity index (χ2n) is 5.53. The minimum Gasteiger partial charge on any atom is -0.506 e. The van der Waals surface area contributed by atoms with Crippen molar-refractivity contribution in [3.63, 3.8) is 0 Å². The first kappa shape index (κ1) is 17.0. The van der Waals surface area contributed by atoms with E-state index in [2.05, 4.69) is 0 Å². The number of nitriles is 1. The molecule has 0 saturated heterocycles. The molecule has 0 unspecified atom stereocenters. The third-order valence-electron chi connectivity index (χ3n) is 4.05. The Balaban J connectivity index is 2.26. The van der Waals surface area contributed by atoms with Gasteiger partial charge < -0.3 is 14.4 Å². The summed E-state index contributed by atoms with van der Waals surface area (Å²) < 4.78 is 6.33. The number of benzene rings is 2. The smallest absolute Gasteiger partial charge is 0.273 e. The number of aromatic nitrogens is 1. The van der Waals surface area contributed by atoms with Gasteiger partial charge in [0.25, 0.3) is 11.2 Å². The minimum atomic E-state index is -0.714. The fourth-order valence-electron chi connectivity index (χ4n) is 2.71. The Kier molecular flexibility index (Phi) is 4.29. The first-order chi connectivity index (χ1) is 12.5. The number of fused-ring (bicyclic) bond motifs is 1. The number of nitro groups is 1. The van der Waals surface area contributed by atoms with Crippen LogP contribution in [0.25, 0.3) is 10.9 Å². The van der Waals surface area contributed by atoms with Crippen molar-refractivity contribution in [1.29, 1.82) is 5.26 Å². The fraction of sp³-hybridized carbons (Fsp3) is 0.111. The molecule has 1 heterocycles. The Hall–Kier alpha value is -3.86. The molecule has 0 spiro atoms. The molecule has 0 saturated carbocycles. The van der Waals surface area contributed by atoms with Crippen LogP contribution in [0.4, 0.5) is 5.69 Å². The monoisotopic (exact) mass is 351 g/mol. The highest BCUT2D eigenvalue weighted by Gasteiger charge is 2.19. The number of aromatic hydroxyl groups is 1. The Labute approximate surface area is 147 Å². The summed E-state index contributed by atoms with van der Waals surface area (Å²) in [5, 5.41) is 30.7. The van der Waals surface area contributed by atoms with Gasteiger partial charge in [-0.1, -0.05) is 12.1 Å². The zero-order valence-corrected chi connectivity index (χ0v) is 13.7.